The first-order chi connectivity index (χ1) is 7.23. The summed E-state index contributed by atoms with van der Waals surface area (Å²) in [5.74, 6) is 1.20. The zero-order valence-corrected chi connectivity index (χ0v) is 11.7. The van der Waals surface area contributed by atoms with Gasteiger partial charge in [-0.25, -0.2) is 0 Å². The molecule has 94 valence electrons. The number of rotatable bonds is 4. The fraction of sp³-hybridized carbons (Fsp3) is 0.929. The smallest absolute Gasteiger partial charge is 0.225 e. The first-order valence-electron chi connectivity index (χ1n) is 6.54. The van der Waals surface area contributed by atoms with E-state index < -0.39 is 0 Å². The summed E-state index contributed by atoms with van der Waals surface area (Å²) in [7, 11) is 0. The molecule has 2 heteroatoms. The molecule has 1 aliphatic rings. The molecular formula is C14H27NO. The molecule has 1 saturated carbocycles. The minimum absolute atomic E-state index is 0.114. The molecule has 0 radical (unpaired) electrons. The van der Waals surface area contributed by atoms with E-state index in [2.05, 4.69) is 32.6 Å². The van der Waals surface area contributed by atoms with Crippen molar-refractivity contribution < 1.29 is 4.79 Å². The SMILES string of the molecule is CC(C)C(=O)N(CC1CC1)[C@@H](C)C(C)(C)C. The Morgan fingerprint density at radius 1 is 1.25 bits per heavy atom. The maximum atomic E-state index is 12.2. The molecule has 0 heterocycles. The minimum atomic E-state index is 0.114. The van der Waals surface area contributed by atoms with Crippen LogP contribution in [0.25, 0.3) is 0 Å². The topological polar surface area (TPSA) is 20.3 Å². The van der Waals surface area contributed by atoms with Gasteiger partial charge in [0.1, 0.15) is 0 Å². The predicted octanol–water partition coefficient (Wildman–Crippen LogP) is 3.32. The monoisotopic (exact) mass is 225 g/mol. The molecule has 1 aliphatic carbocycles. The Morgan fingerprint density at radius 2 is 1.75 bits per heavy atom. The number of carbonyl (C=O) groups excluding carboxylic acids is 1. The second-order valence-corrected chi connectivity index (χ2v) is 6.63. The van der Waals surface area contributed by atoms with E-state index >= 15 is 0 Å². The third kappa shape index (κ3) is 3.50. The van der Waals surface area contributed by atoms with E-state index in [4.69, 9.17) is 0 Å². The van der Waals surface area contributed by atoms with Gasteiger partial charge in [-0.2, -0.15) is 0 Å². The quantitative estimate of drug-likeness (QED) is 0.719. The largest absolute Gasteiger partial charge is 0.339 e. The van der Waals surface area contributed by atoms with Crippen LogP contribution in [0, 0.1) is 17.3 Å². The van der Waals surface area contributed by atoms with Gasteiger partial charge in [0, 0.05) is 18.5 Å². The van der Waals surface area contributed by atoms with Gasteiger partial charge in [0.05, 0.1) is 0 Å². The highest BCUT2D eigenvalue weighted by Gasteiger charge is 2.34. The molecule has 1 atom stereocenters. The highest BCUT2D eigenvalue weighted by atomic mass is 16.2. The Labute approximate surface area is 100 Å². The number of carbonyl (C=O) groups is 1. The van der Waals surface area contributed by atoms with Crippen LogP contribution < -0.4 is 0 Å². The Morgan fingerprint density at radius 3 is 2.06 bits per heavy atom. The molecule has 0 unspecified atom stereocenters. The first-order valence-corrected chi connectivity index (χ1v) is 6.54. The van der Waals surface area contributed by atoms with E-state index in [0.717, 1.165) is 12.5 Å². The summed E-state index contributed by atoms with van der Waals surface area (Å²) in [6, 6.07) is 0.322. The normalized spacial score (nSPS) is 18.7. The van der Waals surface area contributed by atoms with E-state index in [0.29, 0.717) is 11.9 Å². The zero-order valence-electron chi connectivity index (χ0n) is 11.7. The van der Waals surface area contributed by atoms with Crippen LogP contribution in [0.15, 0.2) is 0 Å². The van der Waals surface area contributed by atoms with Gasteiger partial charge in [-0.05, 0) is 31.1 Å². The minimum Gasteiger partial charge on any atom is -0.339 e. The standard InChI is InChI=1S/C14H27NO/c1-10(2)13(16)15(9-12-7-8-12)11(3)14(4,5)6/h10-12H,7-9H2,1-6H3/t11-/m0/s1. The van der Waals surface area contributed by atoms with Crippen LogP contribution >= 0.6 is 0 Å². The predicted molar refractivity (Wildman–Crippen MR) is 68.2 cm³/mol. The summed E-state index contributed by atoms with van der Waals surface area (Å²) < 4.78 is 0. The van der Waals surface area contributed by atoms with Crippen LogP contribution in [0.3, 0.4) is 0 Å². The molecule has 0 spiro atoms. The van der Waals surface area contributed by atoms with Crippen LogP contribution in [0.5, 0.6) is 0 Å². The van der Waals surface area contributed by atoms with Crippen LogP contribution in [0.2, 0.25) is 0 Å². The molecule has 1 rings (SSSR count). The maximum Gasteiger partial charge on any atom is 0.225 e. The highest BCUT2D eigenvalue weighted by Crippen LogP contribution is 2.33. The van der Waals surface area contributed by atoms with Gasteiger partial charge in [-0.15, -0.1) is 0 Å². The molecule has 1 fully saturated rings. The number of hydrogen-bond acceptors (Lipinski definition) is 1. The van der Waals surface area contributed by atoms with Crippen LogP contribution in [-0.2, 0) is 4.79 Å². The van der Waals surface area contributed by atoms with Gasteiger partial charge < -0.3 is 4.90 Å². The summed E-state index contributed by atoms with van der Waals surface area (Å²) in [5, 5.41) is 0. The molecule has 16 heavy (non-hydrogen) atoms. The molecular weight excluding hydrogens is 198 g/mol. The van der Waals surface area contributed by atoms with Crippen molar-refractivity contribution in [1.29, 1.82) is 0 Å². The van der Waals surface area contributed by atoms with Gasteiger partial charge in [0.2, 0.25) is 5.91 Å². The average Bonchev–Trinajstić information content (AvgIpc) is 2.93. The number of nitrogens with zero attached hydrogens (tertiary/aromatic N) is 1. The second-order valence-electron chi connectivity index (χ2n) is 6.63. The molecule has 2 nitrogen and oxygen atoms in total. The lowest BCUT2D eigenvalue weighted by Gasteiger charge is -2.39. The lowest BCUT2D eigenvalue weighted by Crippen LogP contribution is -2.48. The summed E-state index contributed by atoms with van der Waals surface area (Å²) in [6.07, 6.45) is 2.61. The van der Waals surface area contributed by atoms with Crippen molar-refractivity contribution in [1.82, 2.24) is 4.90 Å². The van der Waals surface area contributed by atoms with Crippen molar-refractivity contribution in [3.8, 4) is 0 Å². The summed E-state index contributed by atoms with van der Waals surface area (Å²) in [5.41, 5.74) is 0.166. The van der Waals surface area contributed by atoms with E-state index in [1.54, 1.807) is 0 Å². The molecule has 0 saturated heterocycles. The summed E-state index contributed by atoms with van der Waals surface area (Å²) >= 11 is 0. The van der Waals surface area contributed by atoms with Crippen LogP contribution in [0.4, 0.5) is 0 Å². The third-order valence-electron chi connectivity index (χ3n) is 3.65. The fourth-order valence-corrected chi connectivity index (χ4v) is 1.82. The van der Waals surface area contributed by atoms with E-state index in [9.17, 15) is 4.79 Å². The lowest BCUT2D eigenvalue weighted by atomic mass is 9.86. The van der Waals surface area contributed by atoms with Crippen molar-refractivity contribution in [3.63, 3.8) is 0 Å². The first kappa shape index (κ1) is 13.5. The third-order valence-corrected chi connectivity index (χ3v) is 3.65. The van der Waals surface area contributed by atoms with Crippen molar-refractivity contribution in [2.45, 2.75) is 60.4 Å². The van der Waals surface area contributed by atoms with E-state index in [-0.39, 0.29) is 11.3 Å². The van der Waals surface area contributed by atoms with Gasteiger partial charge in [0.25, 0.3) is 0 Å². The van der Waals surface area contributed by atoms with Gasteiger partial charge >= 0.3 is 0 Å². The maximum absolute atomic E-state index is 12.2. The number of amides is 1. The van der Waals surface area contributed by atoms with Gasteiger partial charge in [-0.1, -0.05) is 34.6 Å². The van der Waals surface area contributed by atoms with Crippen molar-refractivity contribution >= 4 is 5.91 Å². The Hall–Kier alpha value is -0.530. The molecule has 0 aromatic heterocycles. The molecule has 0 aliphatic heterocycles. The van der Waals surface area contributed by atoms with Crippen molar-refractivity contribution in [2.75, 3.05) is 6.54 Å². The molecule has 0 aromatic rings. The molecule has 0 bridgehead atoms. The average molecular weight is 225 g/mol. The Balaban J connectivity index is 2.72. The lowest BCUT2D eigenvalue weighted by molar-refractivity contribution is -0.139. The van der Waals surface area contributed by atoms with Crippen LogP contribution in [0.1, 0.15) is 54.4 Å². The van der Waals surface area contributed by atoms with E-state index in [1.807, 2.05) is 13.8 Å². The van der Waals surface area contributed by atoms with Crippen LogP contribution in [-0.4, -0.2) is 23.4 Å². The Bertz CT molecular complexity index is 248. The zero-order chi connectivity index (χ0) is 12.5. The second kappa shape index (κ2) is 4.77. The van der Waals surface area contributed by atoms with E-state index in [1.165, 1.54) is 12.8 Å². The van der Waals surface area contributed by atoms with Gasteiger partial charge in [-0.3, -0.25) is 4.79 Å². The van der Waals surface area contributed by atoms with Gasteiger partial charge in [0.15, 0.2) is 0 Å². The summed E-state index contributed by atoms with van der Waals surface area (Å²) in [6.45, 7) is 13.8. The molecule has 0 N–H and O–H groups in total. The molecule has 1 amide bonds. The highest BCUT2D eigenvalue weighted by molar-refractivity contribution is 5.78. The molecule has 0 aromatic carbocycles. The Kier molecular flexibility index (Phi) is 4.03. The van der Waals surface area contributed by atoms with Crippen molar-refractivity contribution in [2.24, 2.45) is 17.3 Å². The fourth-order valence-electron chi connectivity index (χ4n) is 1.82. The summed E-state index contributed by atoms with van der Waals surface area (Å²) in [4.78, 5) is 14.3. The van der Waals surface area contributed by atoms with Crippen molar-refractivity contribution in [3.05, 3.63) is 0 Å². The number of hydrogen-bond donors (Lipinski definition) is 0.